The number of hydrogen-bond acceptors (Lipinski definition) is 6. The molecule has 1 aromatic heterocycles. The Labute approximate surface area is 195 Å². The van der Waals surface area contributed by atoms with Crippen LogP contribution in [0.25, 0.3) is 11.4 Å². The van der Waals surface area contributed by atoms with Crippen LogP contribution in [0.15, 0.2) is 47.0 Å². The number of benzene rings is 2. The average molecular weight is 471 g/mol. The van der Waals surface area contributed by atoms with Gasteiger partial charge in [-0.3, -0.25) is 9.10 Å². The van der Waals surface area contributed by atoms with Crippen LogP contribution in [0.3, 0.4) is 0 Å². The molecule has 0 aliphatic rings. The molecular weight excluding hydrogens is 440 g/mol. The SMILES string of the molecule is Cc1ccc(-c2noc(CN(C)C(=O)CCCN(c3cccc(C)c3C)S(C)(=O)=O)n2)cc1. The van der Waals surface area contributed by atoms with E-state index in [0.29, 0.717) is 23.8 Å². The lowest BCUT2D eigenvalue weighted by Gasteiger charge is -2.25. The molecule has 0 aliphatic carbocycles. The molecule has 8 nitrogen and oxygen atoms in total. The highest BCUT2D eigenvalue weighted by atomic mass is 32.2. The van der Waals surface area contributed by atoms with Gasteiger partial charge in [0.25, 0.3) is 0 Å². The molecule has 0 atom stereocenters. The van der Waals surface area contributed by atoms with E-state index in [1.165, 1.54) is 15.5 Å². The van der Waals surface area contributed by atoms with Crippen molar-refractivity contribution in [3.63, 3.8) is 0 Å². The first-order valence-corrected chi connectivity index (χ1v) is 12.6. The third-order valence-corrected chi connectivity index (χ3v) is 6.75. The molecule has 0 unspecified atom stereocenters. The molecule has 0 spiro atoms. The van der Waals surface area contributed by atoms with Crippen LogP contribution in [-0.2, 0) is 21.4 Å². The Bertz CT molecular complexity index is 1220. The highest BCUT2D eigenvalue weighted by molar-refractivity contribution is 7.92. The summed E-state index contributed by atoms with van der Waals surface area (Å²) >= 11 is 0. The van der Waals surface area contributed by atoms with E-state index < -0.39 is 10.0 Å². The number of aryl methyl sites for hydroxylation is 2. The predicted octanol–water partition coefficient (Wildman–Crippen LogP) is 3.87. The maximum absolute atomic E-state index is 12.6. The number of carbonyl (C=O) groups is 1. The summed E-state index contributed by atoms with van der Waals surface area (Å²) < 4.78 is 31.4. The van der Waals surface area contributed by atoms with E-state index in [4.69, 9.17) is 4.52 Å². The summed E-state index contributed by atoms with van der Waals surface area (Å²) in [5, 5.41) is 3.99. The maximum Gasteiger partial charge on any atom is 0.246 e. The van der Waals surface area contributed by atoms with Gasteiger partial charge >= 0.3 is 0 Å². The van der Waals surface area contributed by atoms with Gasteiger partial charge in [0.2, 0.25) is 27.6 Å². The van der Waals surface area contributed by atoms with E-state index in [-0.39, 0.29) is 25.4 Å². The molecule has 9 heteroatoms. The lowest BCUT2D eigenvalue weighted by Crippen LogP contribution is -2.33. The standard InChI is InChI=1S/C24H30N4O4S/c1-17-11-13-20(14-12-17)24-25-22(32-26-24)16-27(4)23(29)10-7-15-28(33(5,30)31)21-9-6-8-18(2)19(21)3/h6,8-9,11-14H,7,10,15-16H2,1-5H3. The Kier molecular flexibility index (Phi) is 7.53. The molecule has 1 amide bonds. The first-order chi connectivity index (χ1) is 15.6. The van der Waals surface area contributed by atoms with Crippen molar-refractivity contribution >= 4 is 21.6 Å². The van der Waals surface area contributed by atoms with Gasteiger partial charge in [0.1, 0.15) is 0 Å². The highest BCUT2D eigenvalue weighted by Crippen LogP contribution is 2.25. The second kappa shape index (κ2) is 10.2. The molecule has 0 aliphatic heterocycles. The number of anilines is 1. The Morgan fingerprint density at radius 3 is 2.42 bits per heavy atom. The van der Waals surface area contributed by atoms with E-state index in [1.807, 2.05) is 57.2 Å². The number of rotatable bonds is 9. The zero-order chi connectivity index (χ0) is 24.2. The van der Waals surface area contributed by atoms with Crippen molar-refractivity contribution in [1.82, 2.24) is 15.0 Å². The van der Waals surface area contributed by atoms with Crippen LogP contribution in [-0.4, -0.2) is 49.2 Å². The Hall–Kier alpha value is -3.20. The smallest absolute Gasteiger partial charge is 0.246 e. The third kappa shape index (κ3) is 6.19. The molecule has 0 bridgehead atoms. The van der Waals surface area contributed by atoms with Crippen molar-refractivity contribution in [2.24, 2.45) is 0 Å². The van der Waals surface area contributed by atoms with Crippen molar-refractivity contribution in [3.8, 4) is 11.4 Å². The van der Waals surface area contributed by atoms with E-state index in [1.54, 1.807) is 13.1 Å². The Balaban J connectivity index is 1.58. The second-order valence-electron chi connectivity index (χ2n) is 8.29. The molecule has 0 saturated heterocycles. The minimum Gasteiger partial charge on any atom is -0.337 e. The summed E-state index contributed by atoms with van der Waals surface area (Å²) in [6.07, 6.45) is 1.78. The van der Waals surface area contributed by atoms with E-state index >= 15 is 0 Å². The summed E-state index contributed by atoms with van der Waals surface area (Å²) in [5.41, 5.74) is 4.55. The van der Waals surface area contributed by atoms with E-state index in [2.05, 4.69) is 10.1 Å². The number of sulfonamides is 1. The van der Waals surface area contributed by atoms with Crippen LogP contribution in [0.2, 0.25) is 0 Å². The van der Waals surface area contributed by atoms with Crippen LogP contribution in [0, 0.1) is 20.8 Å². The summed E-state index contributed by atoms with van der Waals surface area (Å²) in [6.45, 7) is 6.26. The minimum absolute atomic E-state index is 0.125. The summed E-state index contributed by atoms with van der Waals surface area (Å²) in [5.74, 6) is 0.692. The normalized spacial score (nSPS) is 11.4. The zero-order valence-corrected chi connectivity index (χ0v) is 20.5. The largest absolute Gasteiger partial charge is 0.337 e. The number of nitrogens with zero attached hydrogens (tertiary/aromatic N) is 4. The van der Waals surface area contributed by atoms with Crippen molar-refractivity contribution in [3.05, 3.63) is 65.0 Å². The molecule has 1 heterocycles. The van der Waals surface area contributed by atoms with Crippen molar-refractivity contribution in [1.29, 1.82) is 0 Å². The van der Waals surface area contributed by atoms with Crippen LogP contribution < -0.4 is 4.31 Å². The monoisotopic (exact) mass is 470 g/mol. The third-order valence-electron chi connectivity index (χ3n) is 5.57. The summed E-state index contributed by atoms with van der Waals surface area (Å²) in [4.78, 5) is 18.5. The van der Waals surface area contributed by atoms with Crippen molar-refractivity contribution < 1.29 is 17.7 Å². The molecule has 3 aromatic rings. The second-order valence-corrected chi connectivity index (χ2v) is 10.2. The molecule has 2 aromatic carbocycles. The fourth-order valence-electron chi connectivity index (χ4n) is 3.47. The van der Waals surface area contributed by atoms with Gasteiger partial charge in [0.15, 0.2) is 0 Å². The minimum atomic E-state index is -3.48. The number of hydrogen-bond donors (Lipinski definition) is 0. The number of amides is 1. The summed E-state index contributed by atoms with van der Waals surface area (Å²) in [7, 11) is -1.81. The van der Waals surface area contributed by atoms with Crippen molar-refractivity contribution in [2.75, 3.05) is 24.2 Å². The fourth-order valence-corrected chi connectivity index (χ4v) is 4.48. The van der Waals surface area contributed by atoms with Gasteiger partial charge in [0.05, 0.1) is 18.5 Å². The van der Waals surface area contributed by atoms with Crippen LogP contribution >= 0.6 is 0 Å². The first kappa shape index (κ1) is 24.4. The molecule has 3 rings (SSSR count). The van der Waals surface area contributed by atoms with Gasteiger partial charge in [0, 0.05) is 25.6 Å². The Morgan fingerprint density at radius 2 is 1.76 bits per heavy atom. The molecular formula is C24H30N4O4S. The van der Waals surface area contributed by atoms with E-state index in [0.717, 1.165) is 22.3 Å². The van der Waals surface area contributed by atoms with Gasteiger partial charge < -0.3 is 9.42 Å². The zero-order valence-electron chi connectivity index (χ0n) is 19.7. The quantitative estimate of drug-likeness (QED) is 0.471. The lowest BCUT2D eigenvalue weighted by atomic mass is 10.1. The number of aromatic nitrogens is 2. The Morgan fingerprint density at radius 1 is 1.06 bits per heavy atom. The van der Waals surface area contributed by atoms with Gasteiger partial charge in [-0.05, 0) is 44.4 Å². The highest BCUT2D eigenvalue weighted by Gasteiger charge is 2.21. The number of carbonyl (C=O) groups excluding carboxylic acids is 1. The van der Waals surface area contributed by atoms with Crippen LogP contribution in [0.5, 0.6) is 0 Å². The first-order valence-electron chi connectivity index (χ1n) is 10.7. The molecule has 0 fully saturated rings. The van der Waals surface area contributed by atoms with Gasteiger partial charge in [-0.1, -0.05) is 47.1 Å². The molecule has 0 radical (unpaired) electrons. The molecule has 0 N–H and O–H groups in total. The van der Waals surface area contributed by atoms with Gasteiger partial charge in [-0.2, -0.15) is 4.98 Å². The summed E-state index contributed by atoms with van der Waals surface area (Å²) in [6, 6.07) is 13.4. The fraction of sp³-hybridized carbons (Fsp3) is 0.375. The average Bonchev–Trinajstić information content (AvgIpc) is 3.21. The van der Waals surface area contributed by atoms with Crippen LogP contribution in [0.4, 0.5) is 5.69 Å². The van der Waals surface area contributed by atoms with Crippen LogP contribution in [0.1, 0.15) is 35.4 Å². The van der Waals surface area contributed by atoms with E-state index in [9.17, 15) is 13.2 Å². The molecule has 33 heavy (non-hydrogen) atoms. The van der Waals surface area contributed by atoms with Gasteiger partial charge in [-0.15, -0.1) is 0 Å². The maximum atomic E-state index is 12.6. The molecule has 0 saturated carbocycles. The topological polar surface area (TPSA) is 96.6 Å². The van der Waals surface area contributed by atoms with Gasteiger partial charge in [-0.25, -0.2) is 8.42 Å². The van der Waals surface area contributed by atoms with Crippen molar-refractivity contribution in [2.45, 2.75) is 40.2 Å². The lowest BCUT2D eigenvalue weighted by molar-refractivity contribution is -0.130. The predicted molar refractivity (Wildman–Crippen MR) is 128 cm³/mol. The molecule has 176 valence electrons.